The summed E-state index contributed by atoms with van der Waals surface area (Å²) in [4.78, 5) is 0. The highest BCUT2D eigenvalue weighted by Crippen LogP contribution is 2.07. The van der Waals surface area contributed by atoms with Crippen molar-refractivity contribution in [3.8, 4) is 0 Å². The zero-order valence-corrected chi connectivity index (χ0v) is 11.5. The summed E-state index contributed by atoms with van der Waals surface area (Å²) in [5, 5.41) is 3.51. The molecule has 0 radical (unpaired) electrons. The summed E-state index contributed by atoms with van der Waals surface area (Å²) in [6.45, 7) is 1.96. The number of hydrogen-bond acceptors (Lipinski definition) is 2. The molecule has 0 unspecified atom stereocenters. The fraction of sp³-hybridized carbons (Fsp3) is 0.625. The number of unbranched alkanes of at least 4 members (excludes halogenated alkanes) is 6. The van der Waals surface area contributed by atoms with Gasteiger partial charge in [0.25, 0.3) is 0 Å². The third-order valence-corrected chi connectivity index (χ3v) is 3.23. The Hall–Kier alpha value is -1.02. The number of rotatable bonds is 10. The highest BCUT2D eigenvalue weighted by Gasteiger charge is 1.95. The molecule has 1 aliphatic rings. The standard InChI is InChI=1S/C16H28N2/c17-14-10-6-2-1-3-7-11-15-18-16-12-8-4-5-9-13-16/h4-5,8-9,12,18H,1-3,6-7,10-11,13-15,17H2. The van der Waals surface area contributed by atoms with Gasteiger partial charge < -0.3 is 11.1 Å². The van der Waals surface area contributed by atoms with Crippen LogP contribution < -0.4 is 11.1 Å². The van der Waals surface area contributed by atoms with Crippen LogP contribution in [0.15, 0.2) is 36.1 Å². The minimum atomic E-state index is 0.849. The summed E-state index contributed by atoms with van der Waals surface area (Å²) >= 11 is 0. The Morgan fingerprint density at radius 3 is 2.39 bits per heavy atom. The van der Waals surface area contributed by atoms with E-state index >= 15 is 0 Å². The highest BCUT2D eigenvalue weighted by molar-refractivity contribution is 5.22. The first kappa shape index (κ1) is 15.0. The van der Waals surface area contributed by atoms with Crippen LogP contribution >= 0.6 is 0 Å². The second kappa shape index (κ2) is 11.1. The molecule has 0 heterocycles. The molecule has 2 nitrogen and oxygen atoms in total. The molecule has 102 valence electrons. The van der Waals surface area contributed by atoms with E-state index in [1.807, 2.05) is 0 Å². The molecule has 0 atom stereocenters. The topological polar surface area (TPSA) is 38.0 Å². The first-order valence-corrected chi connectivity index (χ1v) is 7.40. The number of nitrogens with one attached hydrogen (secondary N) is 1. The van der Waals surface area contributed by atoms with Crippen LogP contribution in [0.3, 0.4) is 0 Å². The maximum absolute atomic E-state index is 5.47. The SMILES string of the molecule is NCCCCCCCCCNC1=CC=CC=CC1. The van der Waals surface area contributed by atoms with Crippen LogP contribution in [0, 0.1) is 0 Å². The molecule has 0 bridgehead atoms. The predicted molar refractivity (Wildman–Crippen MR) is 80.4 cm³/mol. The molecule has 3 N–H and O–H groups in total. The molecule has 1 rings (SSSR count). The summed E-state index contributed by atoms with van der Waals surface area (Å²) < 4.78 is 0. The predicted octanol–water partition coefficient (Wildman–Crippen LogP) is 3.67. The molecule has 0 saturated carbocycles. The van der Waals surface area contributed by atoms with E-state index in [0.29, 0.717) is 0 Å². The molecule has 0 aromatic heterocycles. The summed E-state index contributed by atoms with van der Waals surface area (Å²) in [5.74, 6) is 0. The van der Waals surface area contributed by atoms with Crippen molar-refractivity contribution < 1.29 is 0 Å². The first-order chi connectivity index (χ1) is 8.93. The van der Waals surface area contributed by atoms with E-state index < -0.39 is 0 Å². The summed E-state index contributed by atoms with van der Waals surface area (Å²) in [6, 6.07) is 0. The van der Waals surface area contributed by atoms with Gasteiger partial charge in [0.1, 0.15) is 0 Å². The van der Waals surface area contributed by atoms with Crippen LogP contribution in [0.1, 0.15) is 51.4 Å². The van der Waals surface area contributed by atoms with Crippen LogP contribution in [-0.4, -0.2) is 13.1 Å². The Morgan fingerprint density at radius 1 is 0.889 bits per heavy atom. The molecule has 0 spiro atoms. The second-order valence-corrected chi connectivity index (χ2v) is 4.90. The maximum atomic E-state index is 5.47. The zero-order chi connectivity index (χ0) is 12.9. The second-order valence-electron chi connectivity index (χ2n) is 4.90. The molecule has 2 heteroatoms. The Labute approximate surface area is 112 Å². The maximum Gasteiger partial charge on any atom is 0.0145 e. The van der Waals surface area contributed by atoms with Crippen LogP contribution in [0.2, 0.25) is 0 Å². The Morgan fingerprint density at radius 2 is 1.61 bits per heavy atom. The third kappa shape index (κ3) is 8.13. The number of allylic oxidation sites excluding steroid dienone is 5. The highest BCUT2D eigenvalue weighted by atomic mass is 14.9. The molecule has 18 heavy (non-hydrogen) atoms. The number of hydrogen-bond donors (Lipinski definition) is 2. The molecule has 0 aliphatic heterocycles. The first-order valence-electron chi connectivity index (χ1n) is 7.40. The average molecular weight is 248 g/mol. The Kier molecular flexibility index (Phi) is 9.27. The van der Waals surface area contributed by atoms with Crippen LogP contribution in [-0.2, 0) is 0 Å². The zero-order valence-electron chi connectivity index (χ0n) is 11.5. The monoisotopic (exact) mass is 248 g/mol. The van der Waals surface area contributed by atoms with Gasteiger partial charge >= 0.3 is 0 Å². The van der Waals surface area contributed by atoms with E-state index in [4.69, 9.17) is 5.73 Å². The molecule has 0 fully saturated rings. The molecule has 0 aromatic rings. The van der Waals surface area contributed by atoms with Crippen molar-refractivity contribution in [2.45, 2.75) is 51.4 Å². The lowest BCUT2D eigenvalue weighted by Gasteiger charge is -2.08. The van der Waals surface area contributed by atoms with Crippen molar-refractivity contribution >= 4 is 0 Å². The van der Waals surface area contributed by atoms with Gasteiger partial charge in [0.15, 0.2) is 0 Å². The van der Waals surface area contributed by atoms with Gasteiger partial charge in [0, 0.05) is 18.7 Å². The van der Waals surface area contributed by atoms with Crippen LogP contribution in [0.4, 0.5) is 0 Å². The van der Waals surface area contributed by atoms with Gasteiger partial charge in [-0.2, -0.15) is 0 Å². The van der Waals surface area contributed by atoms with Crippen molar-refractivity contribution in [2.75, 3.05) is 13.1 Å². The van der Waals surface area contributed by atoms with Gasteiger partial charge in [-0.3, -0.25) is 0 Å². The molecule has 1 aliphatic carbocycles. The van der Waals surface area contributed by atoms with E-state index in [9.17, 15) is 0 Å². The molecular weight excluding hydrogens is 220 g/mol. The fourth-order valence-electron chi connectivity index (χ4n) is 2.11. The van der Waals surface area contributed by atoms with Crippen LogP contribution in [0.25, 0.3) is 0 Å². The molecule has 0 saturated heterocycles. The van der Waals surface area contributed by atoms with Gasteiger partial charge in [-0.15, -0.1) is 0 Å². The smallest absolute Gasteiger partial charge is 0.0145 e. The van der Waals surface area contributed by atoms with E-state index in [2.05, 4.69) is 35.7 Å². The number of nitrogens with two attached hydrogens (primary N) is 1. The van der Waals surface area contributed by atoms with E-state index in [-0.39, 0.29) is 0 Å². The van der Waals surface area contributed by atoms with Crippen molar-refractivity contribution in [2.24, 2.45) is 5.73 Å². The Bertz CT molecular complexity index is 277. The van der Waals surface area contributed by atoms with Crippen molar-refractivity contribution in [3.05, 3.63) is 36.1 Å². The lowest BCUT2D eigenvalue weighted by Crippen LogP contribution is -2.14. The van der Waals surface area contributed by atoms with Gasteiger partial charge in [-0.1, -0.05) is 56.4 Å². The van der Waals surface area contributed by atoms with Crippen molar-refractivity contribution in [3.63, 3.8) is 0 Å². The van der Waals surface area contributed by atoms with Gasteiger partial charge in [0.2, 0.25) is 0 Å². The van der Waals surface area contributed by atoms with Crippen molar-refractivity contribution in [1.82, 2.24) is 5.32 Å². The van der Waals surface area contributed by atoms with E-state index in [0.717, 1.165) is 19.5 Å². The van der Waals surface area contributed by atoms with Crippen molar-refractivity contribution in [1.29, 1.82) is 0 Å². The summed E-state index contributed by atoms with van der Waals surface area (Å²) in [5.41, 5.74) is 6.80. The van der Waals surface area contributed by atoms with Gasteiger partial charge in [-0.05, 0) is 25.5 Å². The summed E-state index contributed by atoms with van der Waals surface area (Å²) in [6.07, 6.45) is 20.9. The quantitative estimate of drug-likeness (QED) is 0.579. The van der Waals surface area contributed by atoms with Crippen LogP contribution in [0.5, 0.6) is 0 Å². The lowest BCUT2D eigenvalue weighted by molar-refractivity contribution is 0.572. The molecule has 0 amide bonds. The normalized spacial score (nSPS) is 14.4. The van der Waals surface area contributed by atoms with Gasteiger partial charge in [0.05, 0.1) is 0 Å². The molecular formula is C16H28N2. The van der Waals surface area contributed by atoms with Gasteiger partial charge in [-0.25, -0.2) is 0 Å². The fourth-order valence-corrected chi connectivity index (χ4v) is 2.11. The molecule has 0 aromatic carbocycles. The average Bonchev–Trinajstić information content (AvgIpc) is 2.65. The Balaban J connectivity index is 1.88. The lowest BCUT2D eigenvalue weighted by atomic mass is 10.1. The third-order valence-electron chi connectivity index (χ3n) is 3.23. The minimum absolute atomic E-state index is 0.849. The van der Waals surface area contributed by atoms with E-state index in [1.54, 1.807) is 0 Å². The van der Waals surface area contributed by atoms with E-state index in [1.165, 1.54) is 50.6 Å². The minimum Gasteiger partial charge on any atom is -0.388 e. The summed E-state index contributed by atoms with van der Waals surface area (Å²) in [7, 11) is 0. The largest absolute Gasteiger partial charge is 0.388 e.